The summed E-state index contributed by atoms with van der Waals surface area (Å²) in [5.74, 6) is -2.05. The molecule has 0 radical (unpaired) electrons. The van der Waals surface area contributed by atoms with Crippen LogP contribution in [0.15, 0.2) is 81.1 Å². The van der Waals surface area contributed by atoms with Crippen molar-refractivity contribution in [2.24, 2.45) is 0 Å². The van der Waals surface area contributed by atoms with Gasteiger partial charge >= 0.3 is 5.97 Å². The Morgan fingerprint density at radius 1 is 1.06 bits per heavy atom. The van der Waals surface area contributed by atoms with Gasteiger partial charge in [0.05, 0.1) is 34.4 Å². The second-order valence-corrected chi connectivity index (χ2v) is 9.42. The summed E-state index contributed by atoms with van der Waals surface area (Å²) in [6.45, 7) is -0.596. The molecule has 0 unspecified atom stereocenters. The van der Waals surface area contributed by atoms with Gasteiger partial charge in [-0.25, -0.2) is 13.2 Å². The summed E-state index contributed by atoms with van der Waals surface area (Å²) in [6, 6.07) is 18.1. The zero-order valence-corrected chi connectivity index (χ0v) is 18.3. The van der Waals surface area contributed by atoms with Crippen molar-refractivity contribution < 1.29 is 27.2 Å². The summed E-state index contributed by atoms with van der Waals surface area (Å²) >= 11 is 1.26. The predicted octanol–water partition coefficient (Wildman–Crippen LogP) is 3.66. The van der Waals surface area contributed by atoms with E-state index in [1.54, 1.807) is 42.5 Å². The lowest BCUT2D eigenvalue weighted by atomic mass is 10.3. The number of nitrogens with one attached hydrogen (secondary N) is 1. The molecule has 0 fully saturated rings. The van der Waals surface area contributed by atoms with Crippen LogP contribution < -0.4 is 5.32 Å². The van der Waals surface area contributed by atoms with Crippen LogP contribution in [0.3, 0.4) is 0 Å². The Hall–Kier alpha value is -3.55. The monoisotopic (exact) mass is 470 g/mol. The molecule has 1 N–H and O–H groups in total. The van der Waals surface area contributed by atoms with Crippen LogP contribution in [0.4, 0.5) is 5.69 Å². The number of esters is 1. The SMILES string of the molecule is N#CCSc1ccccc1NC(=O)COC(=O)c1occc1CS(=O)(=O)c1ccccc1. The number of para-hydroxylation sites is 1. The maximum Gasteiger partial charge on any atom is 0.375 e. The van der Waals surface area contributed by atoms with E-state index in [9.17, 15) is 18.0 Å². The molecule has 0 saturated carbocycles. The largest absolute Gasteiger partial charge is 0.457 e. The summed E-state index contributed by atoms with van der Waals surface area (Å²) in [5, 5.41) is 11.4. The highest BCUT2D eigenvalue weighted by atomic mass is 32.2. The lowest BCUT2D eigenvalue weighted by Gasteiger charge is -2.10. The second kappa shape index (κ2) is 10.7. The fourth-order valence-corrected chi connectivity index (χ4v) is 4.78. The first kappa shape index (κ1) is 23.1. The number of nitrogens with zero attached hydrogens (tertiary/aromatic N) is 1. The molecule has 0 saturated heterocycles. The van der Waals surface area contributed by atoms with Crippen LogP contribution in [0.1, 0.15) is 16.1 Å². The molecule has 1 heterocycles. The number of carbonyl (C=O) groups excluding carboxylic acids is 2. The molecule has 1 aromatic heterocycles. The number of hydrogen-bond acceptors (Lipinski definition) is 8. The van der Waals surface area contributed by atoms with Gasteiger partial charge in [0.15, 0.2) is 16.4 Å². The number of sulfone groups is 1. The third-order valence-corrected chi connectivity index (χ3v) is 6.79. The van der Waals surface area contributed by atoms with Crippen molar-refractivity contribution >= 4 is 39.2 Å². The van der Waals surface area contributed by atoms with Gasteiger partial charge in [-0.2, -0.15) is 5.26 Å². The molecule has 0 atom stereocenters. The highest BCUT2D eigenvalue weighted by Gasteiger charge is 2.24. The van der Waals surface area contributed by atoms with E-state index in [4.69, 9.17) is 14.4 Å². The first-order valence-electron chi connectivity index (χ1n) is 9.30. The van der Waals surface area contributed by atoms with Gasteiger partial charge in [-0.3, -0.25) is 4.79 Å². The minimum Gasteiger partial charge on any atom is -0.457 e. The summed E-state index contributed by atoms with van der Waals surface area (Å²) in [6.07, 6.45) is 1.19. The number of anilines is 1. The smallest absolute Gasteiger partial charge is 0.375 e. The van der Waals surface area contributed by atoms with Gasteiger partial charge in [0.2, 0.25) is 5.76 Å². The molecule has 3 rings (SSSR count). The summed E-state index contributed by atoms with van der Waals surface area (Å²) in [5.41, 5.74) is 0.624. The Morgan fingerprint density at radius 3 is 2.53 bits per heavy atom. The van der Waals surface area contributed by atoms with Gasteiger partial charge in [0, 0.05) is 10.5 Å². The molecule has 8 nitrogen and oxygen atoms in total. The van der Waals surface area contributed by atoms with E-state index in [0.29, 0.717) is 10.6 Å². The van der Waals surface area contributed by atoms with Crippen molar-refractivity contribution in [2.75, 3.05) is 17.7 Å². The molecule has 0 spiro atoms. The Kier molecular flexibility index (Phi) is 7.70. The molecule has 0 aliphatic carbocycles. The van der Waals surface area contributed by atoms with Gasteiger partial charge < -0.3 is 14.5 Å². The Balaban J connectivity index is 1.62. The molecular formula is C22H18N2O6S2. The summed E-state index contributed by atoms with van der Waals surface area (Å²) in [7, 11) is -3.70. The standard InChI is InChI=1S/C22H18N2O6S2/c23-11-13-31-19-9-5-4-8-18(19)24-20(25)14-30-22(26)21-16(10-12-29-21)15-32(27,28)17-6-2-1-3-7-17/h1-10,12H,13-15H2,(H,24,25). The Morgan fingerprint density at radius 2 is 1.78 bits per heavy atom. The minimum absolute atomic E-state index is 0.118. The van der Waals surface area contributed by atoms with E-state index in [1.807, 2.05) is 6.07 Å². The van der Waals surface area contributed by atoms with Crippen LogP contribution >= 0.6 is 11.8 Å². The molecule has 3 aromatic rings. The quantitative estimate of drug-likeness (QED) is 0.371. The number of ether oxygens (including phenoxy) is 1. The second-order valence-electron chi connectivity index (χ2n) is 6.41. The average molecular weight is 471 g/mol. The van der Waals surface area contributed by atoms with Crippen LogP contribution in [-0.2, 0) is 25.1 Å². The minimum atomic E-state index is -3.70. The molecular weight excluding hydrogens is 452 g/mol. The zero-order chi connectivity index (χ0) is 23.0. The number of rotatable bonds is 9. The predicted molar refractivity (Wildman–Crippen MR) is 118 cm³/mol. The molecule has 32 heavy (non-hydrogen) atoms. The third-order valence-electron chi connectivity index (χ3n) is 4.17. The first-order valence-corrected chi connectivity index (χ1v) is 11.9. The normalized spacial score (nSPS) is 10.8. The molecule has 2 aromatic carbocycles. The van der Waals surface area contributed by atoms with Crippen molar-refractivity contribution in [1.29, 1.82) is 5.26 Å². The Bertz CT molecular complexity index is 1250. The summed E-state index contributed by atoms with van der Waals surface area (Å²) < 4.78 is 35.3. The van der Waals surface area contributed by atoms with Crippen molar-refractivity contribution in [3.05, 3.63) is 78.3 Å². The fourth-order valence-electron chi connectivity index (χ4n) is 2.73. The molecule has 0 aliphatic rings. The van der Waals surface area contributed by atoms with Crippen molar-refractivity contribution in [3.63, 3.8) is 0 Å². The van der Waals surface area contributed by atoms with Crippen LogP contribution in [0.2, 0.25) is 0 Å². The number of amides is 1. The van der Waals surface area contributed by atoms with Crippen molar-refractivity contribution in [3.8, 4) is 6.07 Å². The van der Waals surface area contributed by atoms with E-state index < -0.39 is 34.1 Å². The highest BCUT2D eigenvalue weighted by molar-refractivity contribution is 7.99. The van der Waals surface area contributed by atoms with Gasteiger partial charge in [-0.05, 0) is 30.3 Å². The molecule has 10 heteroatoms. The maximum absolute atomic E-state index is 12.6. The number of hydrogen-bond donors (Lipinski definition) is 1. The number of thioether (sulfide) groups is 1. The van der Waals surface area contributed by atoms with Gasteiger partial charge in [-0.1, -0.05) is 30.3 Å². The lowest BCUT2D eigenvalue weighted by Crippen LogP contribution is -2.21. The van der Waals surface area contributed by atoms with E-state index in [1.165, 1.54) is 36.2 Å². The fraction of sp³-hybridized carbons (Fsp3) is 0.136. The number of nitriles is 1. The third kappa shape index (κ3) is 6.00. The van der Waals surface area contributed by atoms with Crippen LogP contribution in [0.25, 0.3) is 0 Å². The number of furan rings is 1. The van der Waals surface area contributed by atoms with Gasteiger partial charge in [0.1, 0.15) is 0 Å². The Labute approximate surface area is 189 Å². The van der Waals surface area contributed by atoms with Crippen LogP contribution in [0.5, 0.6) is 0 Å². The van der Waals surface area contributed by atoms with E-state index in [2.05, 4.69) is 5.32 Å². The molecule has 1 amide bonds. The van der Waals surface area contributed by atoms with Crippen LogP contribution in [-0.4, -0.2) is 32.7 Å². The number of carbonyl (C=O) groups is 2. The molecule has 164 valence electrons. The van der Waals surface area contributed by atoms with Crippen LogP contribution in [0, 0.1) is 11.3 Å². The maximum atomic E-state index is 12.6. The summed E-state index contributed by atoms with van der Waals surface area (Å²) in [4.78, 5) is 25.4. The van der Waals surface area contributed by atoms with Crippen molar-refractivity contribution in [1.82, 2.24) is 0 Å². The number of benzene rings is 2. The highest BCUT2D eigenvalue weighted by Crippen LogP contribution is 2.26. The van der Waals surface area contributed by atoms with Crippen molar-refractivity contribution in [2.45, 2.75) is 15.5 Å². The topological polar surface area (TPSA) is 126 Å². The first-order chi connectivity index (χ1) is 15.4. The zero-order valence-electron chi connectivity index (χ0n) is 16.7. The molecule has 0 aliphatic heterocycles. The molecule has 0 bridgehead atoms. The van der Waals surface area contributed by atoms with Gasteiger partial charge in [-0.15, -0.1) is 11.8 Å². The average Bonchev–Trinajstić information content (AvgIpc) is 3.25. The van der Waals surface area contributed by atoms with Gasteiger partial charge in [0.25, 0.3) is 5.91 Å². The van der Waals surface area contributed by atoms with E-state index >= 15 is 0 Å². The van der Waals surface area contributed by atoms with E-state index in [-0.39, 0.29) is 22.0 Å². The lowest BCUT2D eigenvalue weighted by molar-refractivity contribution is -0.119. The van der Waals surface area contributed by atoms with E-state index in [0.717, 1.165) is 0 Å².